The molecular weight excluding hydrogens is 579 g/mol. The van der Waals surface area contributed by atoms with Gasteiger partial charge in [0.25, 0.3) is 0 Å². The second-order valence-electron chi connectivity index (χ2n) is 7.26. The molecule has 0 aliphatic rings. The molecule has 0 bridgehead atoms. The van der Waals surface area contributed by atoms with E-state index in [-0.39, 0.29) is 100 Å². The largest absolute Gasteiger partial charge is 1.00 e. The number of hydrogen-bond acceptors (Lipinski definition) is 14. The standard InChI is InChI=1S/C8H11NO2.2C6H8O7.3Na/c9-4-3-6-1-2-7(10)8(11)5-6;2*7-3(8)1-6(13,5(11)12)2-4(9)10;;;/h1-2,5,10-11H,3-4,9H2;2*13H,1-2H2,(H,7,8)(H,9,10)(H,11,12);;;/q;;;3*+1/p-3. The molecule has 17 nitrogen and oxygen atoms in total. The van der Waals surface area contributed by atoms with Crippen LogP contribution in [0, 0.1) is 0 Å². The molecule has 0 unspecified atom stereocenters. The van der Waals surface area contributed by atoms with Crippen LogP contribution < -0.4 is 110 Å². The van der Waals surface area contributed by atoms with Gasteiger partial charge in [0, 0.05) is 24.8 Å². The molecule has 1 aromatic rings. The summed E-state index contributed by atoms with van der Waals surface area (Å²) in [6, 6.07) is 4.71. The first-order valence-electron chi connectivity index (χ1n) is 9.73. The maximum atomic E-state index is 10.3. The minimum Gasteiger partial charge on any atom is -0.550 e. The quantitative estimate of drug-likeness (QED) is 0.0811. The fraction of sp³-hybridized carbons (Fsp3) is 0.400. The van der Waals surface area contributed by atoms with Crippen molar-refractivity contribution in [3.05, 3.63) is 23.8 Å². The molecule has 9 N–H and O–H groups in total. The summed E-state index contributed by atoms with van der Waals surface area (Å²) < 4.78 is 0. The van der Waals surface area contributed by atoms with Crippen LogP contribution in [0.3, 0.4) is 0 Å². The number of carbonyl (C=O) groups excluding carboxylic acids is 3. The Hall–Kier alpha value is -1.48. The summed E-state index contributed by atoms with van der Waals surface area (Å²) in [6.45, 7) is 0.546. The second-order valence-corrected chi connectivity index (χ2v) is 7.26. The van der Waals surface area contributed by atoms with Crippen LogP contribution in [0.1, 0.15) is 31.2 Å². The molecule has 0 aliphatic heterocycles. The average molecular weight is 603 g/mol. The summed E-state index contributed by atoms with van der Waals surface area (Å²) in [5, 5.41) is 90.7. The monoisotopic (exact) mass is 603 g/mol. The van der Waals surface area contributed by atoms with Gasteiger partial charge in [0.15, 0.2) is 17.1 Å². The molecule has 0 fully saturated rings. The van der Waals surface area contributed by atoms with Crippen molar-refractivity contribution in [1.82, 2.24) is 0 Å². The van der Waals surface area contributed by atoms with Gasteiger partial charge in [-0.2, -0.15) is 0 Å². The van der Waals surface area contributed by atoms with E-state index >= 15 is 0 Å². The second kappa shape index (κ2) is 23.1. The van der Waals surface area contributed by atoms with E-state index in [4.69, 9.17) is 41.5 Å². The summed E-state index contributed by atoms with van der Waals surface area (Å²) >= 11 is 0. The van der Waals surface area contributed by atoms with Crippen molar-refractivity contribution in [2.75, 3.05) is 6.54 Å². The molecule has 0 amide bonds. The summed E-state index contributed by atoms with van der Waals surface area (Å²) in [5.74, 6) is -11.2. The smallest absolute Gasteiger partial charge is 0.550 e. The van der Waals surface area contributed by atoms with Crippen molar-refractivity contribution < 1.29 is 169 Å². The third-order valence-electron chi connectivity index (χ3n) is 4.01. The van der Waals surface area contributed by atoms with Gasteiger partial charge in [-0.1, -0.05) is 6.07 Å². The zero-order chi connectivity index (χ0) is 29.6. The van der Waals surface area contributed by atoms with E-state index in [1.165, 1.54) is 12.1 Å². The van der Waals surface area contributed by atoms with E-state index in [1.807, 2.05) is 0 Å². The van der Waals surface area contributed by atoms with Gasteiger partial charge in [-0.05, 0) is 30.7 Å². The first kappa shape index (κ1) is 48.3. The Balaban J connectivity index is -0.000000148. The number of aliphatic hydroxyl groups is 2. The first-order valence-corrected chi connectivity index (χ1v) is 9.73. The van der Waals surface area contributed by atoms with E-state index in [9.17, 15) is 44.1 Å². The number of nitrogens with two attached hydrogens (primary N) is 1. The zero-order valence-electron chi connectivity index (χ0n) is 21.9. The van der Waals surface area contributed by atoms with Crippen LogP contribution in [0.2, 0.25) is 0 Å². The normalized spacial score (nSPS) is 9.78. The zero-order valence-corrected chi connectivity index (χ0v) is 27.9. The van der Waals surface area contributed by atoms with E-state index in [0.29, 0.717) is 13.0 Å². The molecule has 40 heavy (non-hydrogen) atoms. The summed E-state index contributed by atoms with van der Waals surface area (Å²) in [4.78, 5) is 60.5. The molecule has 0 aromatic heterocycles. The Bertz CT molecular complexity index is 920. The minimum absolute atomic E-state index is 0. The number of aliphatic carboxylic acids is 6. The molecule has 0 aliphatic carbocycles. The molecule has 0 saturated heterocycles. The number of carboxylic acid groups (broad SMARTS) is 6. The Morgan fingerprint density at radius 3 is 1.35 bits per heavy atom. The molecular formula is C20H24NNa3O16. The maximum absolute atomic E-state index is 10.3. The van der Waals surface area contributed by atoms with Crippen molar-refractivity contribution in [2.24, 2.45) is 5.73 Å². The minimum atomic E-state index is -2.97. The Morgan fingerprint density at radius 1 is 0.700 bits per heavy atom. The number of phenolic OH excluding ortho intramolecular Hbond substituents is 2. The van der Waals surface area contributed by atoms with Crippen molar-refractivity contribution in [2.45, 2.75) is 43.3 Å². The third kappa shape index (κ3) is 21.3. The van der Waals surface area contributed by atoms with Crippen molar-refractivity contribution in [1.29, 1.82) is 0 Å². The summed E-state index contributed by atoms with van der Waals surface area (Å²) in [6.07, 6.45) is -4.29. The van der Waals surface area contributed by atoms with Gasteiger partial charge in [-0.25, -0.2) is 4.79 Å². The Kier molecular flexibility index (Phi) is 27.9. The molecule has 1 rings (SSSR count). The maximum Gasteiger partial charge on any atom is 1.00 e. The predicted octanol–water partition coefficient (Wildman–Crippen LogP) is -14.9. The average Bonchev–Trinajstić information content (AvgIpc) is 2.69. The van der Waals surface area contributed by atoms with E-state index in [2.05, 4.69) is 0 Å². The molecule has 0 spiro atoms. The predicted molar refractivity (Wildman–Crippen MR) is 109 cm³/mol. The molecule has 0 atom stereocenters. The first-order chi connectivity index (χ1) is 16.8. The van der Waals surface area contributed by atoms with Crippen LogP contribution in [0.5, 0.6) is 11.5 Å². The topological polar surface area (TPSA) is 339 Å². The Labute approximate surface area is 292 Å². The number of rotatable bonds is 12. The number of carbonyl (C=O) groups is 6. The van der Waals surface area contributed by atoms with Gasteiger partial charge >= 0.3 is 107 Å². The van der Waals surface area contributed by atoms with Crippen molar-refractivity contribution in [3.63, 3.8) is 0 Å². The van der Waals surface area contributed by atoms with Crippen LogP contribution in [0.25, 0.3) is 0 Å². The number of aromatic hydroxyl groups is 2. The molecule has 0 radical (unpaired) electrons. The van der Waals surface area contributed by atoms with Crippen LogP contribution in [0.4, 0.5) is 0 Å². The van der Waals surface area contributed by atoms with Crippen LogP contribution in [-0.4, -0.2) is 89.3 Å². The number of hydrogen-bond donors (Lipinski definition) is 8. The van der Waals surface area contributed by atoms with E-state index < -0.39 is 72.7 Å². The van der Waals surface area contributed by atoms with Gasteiger partial charge in [0.05, 0.1) is 18.8 Å². The third-order valence-corrected chi connectivity index (χ3v) is 4.01. The number of benzene rings is 1. The Morgan fingerprint density at radius 2 is 1.10 bits per heavy atom. The molecule has 0 heterocycles. The summed E-state index contributed by atoms with van der Waals surface area (Å²) in [5.41, 5.74) is 0.525. The SMILES string of the molecule is NCCc1ccc(O)c(O)c1.O=C(O)CC(O)(CC(=O)O)C(=O)O.O=C([O-])CC(O)(CC(=O)[O-])C(=O)[O-].[Na+].[Na+].[Na+]. The molecule has 1 aromatic carbocycles. The van der Waals surface area contributed by atoms with Gasteiger partial charge in [0.2, 0.25) is 0 Å². The van der Waals surface area contributed by atoms with Crippen molar-refractivity contribution >= 4 is 35.8 Å². The summed E-state index contributed by atoms with van der Waals surface area (Å²) in [7, 11) is 0. The number of phenols is 2. The fourth-order valence-electron chi connectivity index (χ4n) is 2.29. The van der Waals surface area contributed by atoms with E-state index in [1.54, 1.807) is 6.07 Å². The van der Waals surface area contributed by atoms with E-state index in [0.717, 1.165) is 5.56 Å². The molecule has 0 saturated carbocycles. The van der Waals surface area contributed by atoms with Gasteiger partial charge < -0.3 is 71.2 Å². The van der Waals surface area contributed by atoms with Crippen LogP contribution in [-0.2, 0) is 35.2 Å². The van der Waals surface area contributed by atoms with Gasteiger partial charge in [-0.15, -0.1) is 0 Å². The van der Waals surface area contributed by atoms with Crippen molar-refractivity contribution in [3.8, 4) is 11.5 Å². The van der Waals surface area contributed by atoms with Crippen LogP contribution in [0.15, 0.2) is 18.2 Å². The number of carboxylic acids is 6. The van der Waals surface area contributed by atoms with Gasteiger partial charge in [-0.3, -0.25) is 9.59 Å². The molecule has 20 heteroatoms. The van der Waals surface area contributed by atoms with Crippen LogP contribution >= 0.6 is 0 Å². The molecule has 208 valence electrons. The van der Waals surface area contributed by atoms with Gasteiger partial charge in [0.1, 0.15) is 5.60 Å². The fourth-order valence-corrected chi connectivity index (χ4v) is 2.29.